The van der Waals surface area contributed by atoms with Crippen LogP contribution in [0.1, 0.15) is 15.9 Å². The lowest BCUT2D eigenvalue weighted by Crippen LogP contribution is -1.95. The Morgan fingerprint density at radius 2 is 1.23 bits per heavy atom. The Kier molecular flexibility index (Phi) is 3.66. The summed E-state index contributed by atoms with van der Waals surface area (Å²) in [6.45, 7) is 0. The Morgan fingerprint density at radius 1 is 0.654 bits per heavy atom. The minimum absolute atomic E-state index is 0.125. The molecule has 0 aliphatic heterocycles. The molecule has 0 radical (unpaired) electrons. The SMILES string of the molecule is O=C1c2ccc(Br)cc2-c2c(-c3ccccc3)sc(-c3ccccc3)c21. The van der Waals surface area contributed by atoms with Crippen LogP contribution in [0.15, 0.2) is 83.3 Å². The minimum Gasteiger partial charge on any atom is -0.289 e. The van der Waals surface area contributed by atoms with Gasteiger partial charge >= 0.3 is 0 Å². The number of rotatable bonds is 2. The molecule has 1 nitrogen and oxygen atoms in total. The Morgan fingerprint density at radius 3 is 1.85 bits per heavy atom. The predicted molar refractivity (Wildman–Crippen MR) is 112 cm³/mol. The molecule has 0 fully saturated rings. The largest absolute Gasteiger partial charge is 0.289 e. The summed E-state index contributed by atoms with van der Waals surface area (Å²) in [4.78, 5) is 15.4. The summed E-state index contributed by atoms with van der Waals surface area (Å²) in [6, 6.07) is 26.5. The third-order valence-electron chi connectivity index (χ3n) is 4.70. The van der Waals surface area contributed by atoms with Crippen molar-refractivity contribution in [3.63, 3.8) is 0 Å². The van der Waals surface area contributed by atoms with Crippen LogP contribution in [0.4, 0.5) is 0 Å². The number of benzene rings is 3. The van der Waals surface area contributed by atoms with Crippen LogP contribution in [-0.4, -0.2) is 5.78 Å². The molecule has 0 spiro atoms. The quantitative estimate of drug-likeness (QED) is 0.301. The summed E-state index contributed by atoms with van der Waals surface area (Å²) >= 11 is 5.27. The summed E-state index contributed by atoms with van der Waals surface area (Å²) in [5.41, 5.74) is 5.97. The summed E-state index contributed by atoms with van der Waals surface area (Å²) in [6.07, 6.45) is 0. The van der Waals surface area contributed by atoms with Crippen LogP contribution >= 0.6 is 27.3 Å². The predicted octanol–water partition coefficient (Wildman–Crippen LogP) is 7.06. The molecule has 0 N–H and O–H groups in total. The Labute approximate surface area is 164 Å². The maximum absolute atomic E-state index is 13.2. The highest BCUT2D eigenvalue weighted by Crippen LogP contribution is 2.52. The summed E-state index contributed by atoms with van der Waals surface area (Å²) in [5, 5.41) is 0. The molecule has 0 bridgehead atoms. The average Bonchev–Trinajstić information content (AvgIpc) is 3.21. The number of thiophene rings is 1. The zero-order valence-electron chi connectivity index (χ0n) is 13.7. The van der Waals surface area contributed by atoms with Crippen LogP contribution in [0.2, 0.25) is 0 Å². The molecular weight excluding hydrogens is 404 g/mol. The van der Waals surface area contributed by atoms with E-state index in [1.165, 1.54) is 0 Å². The number of halogens is 1. The number of ketones is 1. The molecule has 0 saturated carbocycles. The summed E-state index contributed by atoms with van der Waals surface area (Å²) in [7, 11) is 0. The standard InChI is InChI=1S/C23H13BrOS/c24-16-11-12-17-18(13-16)19-20(21(17)25)23(15-9-5-2-6-10-15)26-22(19)14-7-3-1-4-8-14/h1-13H. The number of carbonyl (C=O) groups excluding carboxylic acids is 1. The van der Waals surface area contributed by atoms with Gasteiger partial charge < -0.3 is 0 Å². The van der Waals surface area contributed by atoms with Crippen LogP contribution in [0, 0.1) is 0 Å². The van der Waals surface area contributed by atoms with Crippen molar-refractivity contribution < 1.29 is 4.79 Å². The highest BCUT2D eigenvalue weighted by atomic mass is 79.9. The van der Waals surface area contributed by atoms with Gasteiger partial charge in [-0.2, -0.15) is 0 Å². The first kappa shape index (κ1) is 15.7. The molecule has 26 heavy (non-hydrogen) atoms. The van der Waals surface area contributed by atoms with Gasteiger partial charge in [0, 0.05) is 30.9 Å². The van der Waals surface area contributed by atoms with E-state index in [4.69, 9.17) is 0 Å². The number of hydrogen-bond acceptors (Lipinski definition) is 2. The molecule has 0 atom stereocenters. The summed E-state index contributed by atoms with van der Waals surface area (Å²) < 4.78 is 0.989. The fourth-order valence-corrected chi connectivity index (χ4v) is 5.23. The van der Waals surface area contributed by atoms with Crippen LogP contribution in [0.3, 0.4) is 0 Å². The minimum atomic E-state index is 0.125. The maximum atomic E-state index is 13.2. The Bertz CT molecular complexity index is 1140. The second-order valence-corrected chi connectivity index (χ2v) is 8.20. The maximum Gasteiger partial charge on any atom is 0.195 e. The molecule has 1 aromatic heterocycles. The third-order valence-corrected chi connectivity index (χ3v) is 6.48. The van der Waals surface area contributed by atoms with Gasteiger partial charge in [-0.3, -0.25) is 4.79 Å². The van der Waals surface area contributed by atoms with Crippen LogP contribution in [0.25, 0.3) is 32.0 Å². The van der Waals surface area contributed by atoms with Gasteiger partial charge in [0.15, 0.2) is 5.78 Å². The normalized spacial score (nSPS) is 12.1. The van der Waals surface area contributed by atoms with E-state index in [9.17, 15) is 4.79 Å². The van der Waals surface area contributed by atoms with Gasteiger partial charge in [0.1, 0.15) is 0 Å². The zero-order valence-corrected chi connectivity index (χ0v) is 16.1. The second kappa shape index (κ2) is 6.04. The monoisotopic (exact) mass is 416 g/mol. The fraction of sp³-hybridized carbons (Fsp3) is 0. The van der Waals surface area contributed by atoms with Crippen molar-refractivity contribution >= 4 is 33.0 Å². The van der Waals surface area contributed by atoms with Gasteiger partial charge in [-0.25, -0.2) is 0 Å². The van der Waals surface area contributed by atoms with Crippen molar-refractivity contribution in [3.8, 4) is 32.0 Å². The molecule has 3 heteroatoms. The van der Waals surface area contributed by atoms with Gasteiger partial charge in [0.2, 0.25) is 0 Å². The van der Waals surface area contributed by atoms with Gasteiger partial charge in [0.25, 0.3) is 0 Å². The smallest absolute Gasteiger partial charge is 0.195 e. The first-order valence-corrected chi connectivity index (χ1v) is 9.97. The molecule has 1 heterocycles. The van der Waals surface area contributed by atoms with Crippen LogP contribution < -0.4 is 0 Å². The average molecular weight is 417 g/mol. The van der Waals surface area contributed by atoms with E-state index < -0.39 is 0 Å². The van der Waals surface area contributed by atoms with Gasteiger partial charge in [-0.05, 0) is 34.9 Å². The lowest BCUT2D eigenvalue weighted by atomic mass is 10.0. The number of fused-ring (bicyclic) bond motifs is 3. The van der Waals surface area contributed by atoms with E-state index in [2.05, 4.69) is 46.3 Å². The van der Waals surface area contributed by atoms with Gasteiger partial charge in [-0.1, -0.05) is 76.6 Å². The zero-order chi connectivity index (χ0) is 17.7. The third kappa shape index (κ3) is 2.32. The van der Waals surface area contributed by atoms with Gasteiger partial charge in [0.05, 0.1) is 0 Å². The first-order chi connectivity index (χ1) is 12.7. The van der Waals surface area contributed by atoms with Crippen LogP contribution in [0.5, 0.6) is 0 Å². The number of hydrogen-bond donors (Lipinski definition) is 0. The van der Waals surface area contributed by atoms with E-state index in [1.807, 2.05) is 48.5 Å². The molecule has 124 valence electrons. The molecular formula is C23H13BrOS. The molecule has 1 aliphatic carbocycles. The molecule has 0 unspecified atom stereocenters. The van der Waals surface area contributed by atoms with E-state index in [-0.39, 0.29) is 5.78 Å². The molecule has 0 amide bonds. The van der Waals surface area contributed by atoms with Crippen molar-refractivity contribution in [1.82, 2.24) is 0 Å². The highest BCUT2D eigenvalue weighted by Gasteiger charge is 2.34. The molecule has 5 rings (SSSR count). The Hall–Kier alpha value is -2.49. The van der Waals surface area contributed by atoms with E-state index in [0.29, 0.717) is 0 Å². The molecule has 3 aromatic carbocycles. The molecule has 4 aromatic rings. The van der Waals surface area contributed by atoms with Crippen molar-refractivity contribution in [2.45, 2.75) is 0 Å². The van der Waals surface area contributed by atoms with Crippen molar-refractivity contribution in [2.24, 2.45) is 0 Å². The first-order valence-electron chi connectivity index (χ1n) is 8.36. The molecule has 0 saturated heterocycles. The highest BCUT2D eigenvalue weighted by molar-refractivity contribution is 9.10. The van der Waals surface area contributed by atoms with Gasteiger partial charge in [-0.15, -0.1) is 11.3 Å². The lowest BCUT2D eigenvalue weighted by Gasteiger charge is -2.04. The number of carbonyl (C=O) groups is 1. The second-order valence-electron chi connectivity index (χ2n) is 6.26. The van der Waals surface area contributed by atoms with E-state index in [0.717, 1.165) is 47.6 Å². The summed E-state index contributed by atoms with van der Waals surface area (Å²) in [5.74, 6) is 0.125. The lowest BCUT2D eigenvalue weighted by molar-refractivity contribution is 0.104. The molecule has 1 aliphatic rings. The van der Waals surface area contributed by atoms with Crippen LogP contribution in [-0.2, 0) is 0 Å². The van der Waals surface area contributed by atoms with E-state index >= 15 is 0 Å². The van der Waals surface area contributed by atoms with Crippen molar-refractivity contribution in [1.29, 1.82) is 0 Å². The topological polar surface area (TPSA) is 17.1 Å². The Balaban J connectivity index is 1.87. The van der Waals surface area contributed by atoms with E-state index in [1.54, 1.807) is 11.3 Å². The van der Waals surface area contributed by atoms with Crippen molar-refractivity contribution in [2.75, 3.05) is 0 Å². The van der Waals surface area contributed by atoms with Crippen molar-refractivity contribution in [3.05, 3.63) is 94.5 Å². The fourth-order valence-electron chi connectivity index (χ4n) is 3.55.